The molecule has 0 radical (unpaired) electrons. The molecule has 0 saturated heterocycles. The second-order valence-corrected chi connectivity index (χ2v) is 13.1. The standard InChI is InChI=1S/C37H25N2O2P/c40-42(30-13-5-2-6-14-30)35-18-10-9-17-33(35)41-34-24-23-28(25-36(34)42)26-19-21-27(22-20-26)37-38-31-15-7-8-16-32(31)39(37)29-11-3-1-4-12-29/h1-25H. The van der Waals surface area contributed by atoms with E-state index in [9.17, 15) is 0 Å². The van der Waals surface area contributed by atoms with Crippen molar-refractivity contribution in [2.24, 2.45) is 0 Å². The molecule has 0 fully saturated rings. The molecule has 1 atom stereocenters. The molecule has 5 heteroatoms. The molecular weight excluding hydrogens is 535 g/mol. The number of imidazole rings is 1. The summed E-state index contributed by atoms with van der Waals surface area (Å²) in [5.41, 5.74) is 6.11. The maximum Gasteiger partial charge on any atom is 0.178 e. The summed E-state index contributed by atoms with van der Waals surface area (Å²) in [5, 5.41) is 2.25. The smallest absolute Gasteiger partial charge is 0.178 e. The van der Waals surface area contributed by atoms with E-state index in [4.69, 9.17) is 9.72 Å². The highest BCUT2D eigenvalue weighted by Gasteiger charge is 2.39. The second-order valence-electron chi connectivity index (χ2n) is 10.4. The van der Waals surface area contributed by atoms with Crippen molar-refractivity contribution in [1.29, 1.82) is 0 Å². The number of rotatable bonds is 4. The normalized spacial score (nSPS) is 15.5. The van der Waals surface area contributed by atoms with Crippen molar-refractivity contribution in [2.75, 3.05) is 0 Å². The van der Waals surface area contributed by atoms with Crippen LogP contribution in [0.15, 0.2) is 152 Å². The fraction of sp³-hybridized carbons (Fsp3) is 0. The molecule has 2 heterocycles. The minimum Gasteiger partial charge on any atom is -0.456 e. The predicted octanol–water partition coefficient (Wildman–Crippen LogP) is 8.10. The first-order valence-corrected chi connectivity index (χ1v) is 15.6. The molecular formula is C37H25N2O2P. The molecule has 1 aromatic heterocycles. The summed E-state index contributed by atoms with van der Waals surface area (Å²) in [7, 11) is -3.15. The van der Waals surface area contributed by atoms with E-state index in [0.717, 1.165) is 55.1 Å². The number of aromatic nitrogens is 2. The molecule has 1 aliphatic rings. The SMILES string of the molecule is O=P1(c2ccccc2)c2ccccc2Oc2ccc(-c3ccc(-c4nc5ccccc5n4-c4ccccc4)cc3)cc21. The molecule has 4 nitrogen and oxygen atoms in total. The van der Waals surface area contributed by atoms with Crippen molar-refractivity contribution in [3.05, 3.63) is 152 Å². The quantitative estimate of drug-likeness (QED) is 0.204. The number of fused-ring (bicyclic) bond motifs is 3. The van der Waals surface area contributed by atoms with E-state index < -0.39 is 7.14 Å². The Labute approximate surface area is 243 Å². The number of para-hydroxylation sites is 4. The van der Waals surface area contributed by atoms with Gasteiger partial charge >= 0.3 is 0 Å². The Morgan fingerprint density at radius 3 is 1.98 bits per heavy atom. The number of nitrogens with zero attached hydrogens (tertiary/aromatic N) is 2. The molecule has 6 aromatic carbocycles. The fourth-order valence-corrected chi connectivity index (χ4v) is 8.75. The minimum atomic E-state index is -3.15. The van der Waals surface area contributed by atoms with Gasteiger partial charge in [0.05, 0.1) is 21.6 Å². The van der Waals surface area contributed by atoms with Crippen LogP contribution >= 0.6 is 7.14 Å². The summed E-state index contributed by atoms with van der Waals surface area (Å²) in [6.45, 7) is 0. The van der Waals surface area contributed by atoms with Gasteiger partial charge in [-0.15, -0.1) is 0 Å². The molecule has 7 aromatic rings. The molecule has 0 aliphatic carbocycles. The Morgan fingerprint density at radius 2 is 1.17 bits per heavy atom. The lowest BCUT2D eigenvalue weighted by molar-refractivity contribution is 0.485. The first-order valence-electron chi connectivity index (χ1n) is 13.9. The summed E-state index contributed by atoms with van der Waals surface area (Å²) < 4.78 is 23.5. The summed E-state index contributed by atoms with van der Waals surface area (Å²) in [6.07, 6.45) is 0. The van der Waals surface area contributed by atoms with E-state index >= 15 is 4.57 Å². The monoisotopic (exact) mass is 560 g/mol. The third-order valence-electron chi connectivity index (χ3n) is 7.89. The van der Waals surface area contributed by atoms with Crippen molar-refractivity contribution in [3.63, 3.8) is 0 Å². The Balaban J connectivity index is 1.23. The van der Waals surface area contributed by atoms with E-state index in [-0.39, 0.29) is 0 Å². The number of hydrogen-bond donors (Lipinski definition) is 0. The topological polar surface area (TPSA) is 44.1 Å². The molecule has 8 rings (SSSR count). The Kier molecular flexibility index (Phi) is 5.70. The molecule has 0 bridgehead atoms. The van der Waals surface area contributed by atoms with Crippen LogP contribution in [0.2, 0.25) is 0 Å². The average Bonchev–Trinajstić information content (AvgIpc) is 3.45. The second kappa shape index (κ2) is 9.73. The Morgan fingerprint density at radius 1 is 0.548 bits per heavy atom. The first-order chi connectivity index (χ1) is 20.7. The van der Waals surface area contributed by atoms with Crippen molar-refractivity contribution < 1.29 is 9.30 Å². The predicted molar refractivity (Wildman–Crippen MR) is 171 cm³/mol. The van der Waals surface area contributed by atoms with Gasteiger partial charge in [0.2, 0.25) is 0 Å². The van der Waals surface area contributed by atoms with Gasteiger partial charge in [-0.25, -0.2) is 4.98 Å². The van der Waals surface area contributed by atoms with Gasteiger partial charge < -0.3 is 9.30 Å². The maximum atomic E-state index is 15.1. The summed E-state index contributed by atoms with van der Waals surface area (Å²) >= 11 is 0. The van der Waals surface area contributed by atoms with Gasteiger partial charge in [0.25, 0.3) is 0 Å². The lowest BCUT2D eigenvalue weighted by atomic mass is 10.0. The zero-order valence-corrected chi connectivity index (χ0v) is 23.5. The molecule has 0 amide bonds. The lowest BCUT2D eigenvalue weighted by Crippen LogP contribution is -2.30. The van der Waals surface area contributed by atoms with Crippen molar-refractivity contribution in [3.8, 4) is 39.7 Å². The minimum absolute atomic E-state index is 0.637. The van der Waals surface area contributed by atoms with Crippen LogP contribution in [0.3, 0.4) is 0 Å². The van der Waals surface area contributed by atoms with Gasteiger partial charge in [-0.3, -0.25) is 4.57 Å². The van der Waals surface area contributed by atoms with Gasteiger partial charge in [0, 0.05) is 16.6 Å². The zero-order valence-electron chi connectivity index (χ0n) is 22.6. The van der Waals surface area contributed by atoms with Crippen molar-refractivity contribution in [1.82, 2.24) is 9.55 Å². The molecule has 42 heavy (non-hydrogen) atoms. The van der Waals surface area contributed by atoms with Crippen LogP contribution in [-0.2, 0) is 4.57 Å². The molecule has 200 valence electrons. The highest BCUT2D eigenvalue weighted by molar-refractivity contribution is 7.85. The first kappa shape index (κ1) is 24.6. The highest BCUT2D eigenvalue weighted by atomic mass is 31.2. The summed E-state index contributed by atoms with van der Waals surface area (Å²) in [6, 6.07) is 50.4. The van der Waals surface area contributed by atoms with Crippen molar-refractivity contribution >= 4 is 34.1 Å². The van der Waals surface area contributed by atoms with E-state index in [0.29, 0.717) is 11.5 Å². The zero-order chi connectivity index (χ0) is 28.1. The van der Waals surface area contributed by atoms with E-state index in [2.05, 4.69) is 47.0 Å². The molecule has 0 spiro atoms. The van der Waals surface area contributed by atoms with Crippen LogP contribution < -0.4 is 20.7 Å². The highest BCUT2D eigenvalue weighted by Crippen LogP contribution is 2.52. The van der Waals surface area contributed by atoms with Crippen LogP contribution in [0.4, 0.5) is 0 Å². The maximum absolute atomic E-state index is 15.1. The molecule has 0 saturated carbocycles. The van der Waals surface area contributed by atoms with E-state index in [1.165, 1.54) is 0 Å². The third-order valence-corrected chi connectivity index (χ3v) is 11.0. The van der Waals surface area contributed by atoms with Crippen LogP contribution in [0.25, 0.3) is 39.2 Å². The number of ether oxygens (including phenoxy) is 1. The van der Waals surface area contributed by atoms with Gasteiger partial charge in [-0.1, -0.05) is 103 Å². The molecule has 1 unspecified atom stereocenters. The summed E-state index contributed by atoms with van der Waals surface area (Å²) in [4.78, 5) is 5.00. The largest absolute Gasteiger partial charge is 0.456 e. The van der Waals surface area contributed by atoms with Crippen LogP contribution in [0, 0.1) is 0 Å². The van der Waals surface area contributed by atoms with Crippen LogP contribution in [0.1, 0.15) is 0 Å². The van der Waals surface area contributed by atoms with Gasteiger partial charge in [0.1, 0.15) is 17.3 Å². The summed E-state index contributed by atoms with van der Waals surface area (Å²) in [5.74, 6) is 2.17. The Bertz CT molecular complexity index is 2140. The molecule has 0 N–H and O–H groups in total. The van der Waals surface area contributed by atoms with Gasteiger partial charge in [-0.05, 0) is 59.7 Å². The van der Waals surface area contributed by atoms with E-state index in [1.807, 2.05) is 109 Å². The fourth-order valence-electron chi connectivity index (χ4n) is 5.87. The van der Waals surface area contributed by atoms with E-state index in [1.54, 1.807) is 0 Å². The van der Waals surface area contributed by atoms with Crippen LogP contribution in [-0.4, -0.2) is 9.55 Å². The molecule has 1 aliphatic heterocycles. The average molecular weight is 561 g/mol. The van der Waals surface area contributed by atoms with Gasteiger partial charge in [-0.2, -0.15) is 0 Å². The van der Waals surface area contributed by atoms with Crippen LogP contribution in [0.5, 0.6) is 11.5 Å². The number of hydrogen-bond acceptors (Lipinski definition) is 3. The third kappa shape index (κ3) is 3.84. The Hall–Kier alpha value is -5.18. The lowest BCUT2D eigenvalue weighted by Gasteiger charge is -2.29. The number of benzene rings is 6. The van der Waals surface area contributed by atoms with Gasteiger partial charge in [0.15, 0.2) is 7.14 Å². The van der Waals surface area contributed by atoms with Crippen molar-refractivity contribution in [2.45, 2.75) is 0 Å².